The third-order valence-corrected chi connectivity index (χ3v) is 6.00. The molecule has 0 aliphatic heterocycles. The van der Waals surface area contributed by atoms with Gasteiger partial charge in [-0.3, -0.25) is 4.79 Å². The van der Waals surface area contributed by atoms with Gasteiger partial charge in [0.15, 0.2) is 0 Å². The van der Waals surface area contributed by atoms with E-state index in [2.05, 4.69) is 10.0 Å². The third-order valence-electron chi connectivity index (χ3n) is 4.13. The molecule has 3 aromatic carbocycles. The second kappa shape index (κ2) is 8.08. The molecule has 0 spiro atoms. The Morgan fingerprint density at radius 1 is 1.00 bits per heavy atom. The smallest absolute Gasteiger partial charge is 0.240 e. The first-order chi connectivity index (χ1) is 12.8. The Balaban J connectivity index is 1.59. The van der Waals surface area contributed by atoms with Crippen LogP contribution in [0.4, 0.5) is 5.69 Å². The fourth-order valence-corrected chi connectivity index (χ4v) is 3.86. The highest BCUT2D eigenvalue weighted by molar-refractivity contribution is 7.89. The first kappa shape index (κ1) is 19.4. The zero-order valence-electron chi connectivity index (χ0n) is 14.7. The molecule has 3 rings (SSSR count). The highest BCUT2D eigenvalue weighted by Crippen LogP contribution is 2.20. The molecule has 3 aromatic rings. The van der Waals surface area contributed by atoms with Crippen LogP contribution >= 0.6 is 11.6 Å². The first-order valence-electron chi connectivity index (χ1n) is 8.40. The lowest BCUT2D eigenvalue weighted by molar-refractivity contribution is -0.116. The lowest BCUT2D eigenvalue weighted by atomic mass is 10.1. The zero-order valence-corrected chi connectivity index (χ0v) is 16.3. The van der Waals surface area contributed by atoms with Crippen molar-refractivity contribution in [1.82, 2.24) is 4.72 Å². The molecule has 0 atom stereocenters. The molecule has 0 heterocycles. The minimum absolute atomic E-state index is 0.000582. The maximum absolute atomic E-state index is 12.4. The summed E-state index contributed by atoms with van der Waals surface area (Å²) in [6.45, 7) is 1.87. The van der Waals surface area contributed by atoms with Crippen molar-refractivity contribution >= 4 is 44.0 Å². The van der Waals surface area contributed by atoms with Gasteiger partial charge in [-0.15, -0.1) is 0 Å². The van der Waals surface area contributed by atoms with Gasteiger partial charge < -0.3 is 5.32 Å². The summed E-state index contributed by atoms with van der Waals surface area (Å²) in [6.07, 6.45) is 0.0122. The van der Waals surface area contributed by atoms with Crippen LogP contribution in [-0.2, 0) is 14.8 Å². The Labute approximate surface area is 163 Å². The van der Waals surface area contributed by atoms with Gasteiger partial charge in [0.1, 0.15) is 0 Å². The van der Waals surface area contributed by atoms with Crippen LogP contribution in [0.25, 0.3) is 10.8 Å². The van der Waals surface area contributed by atoms with Crippen molar-refractivity contribution in [2.45, 2.75) is 18.2 Å². The van der Waals surface area contributed by atoms with Crippen molar-refractivity contribution in [3.05, 3.63) is 71.2 Å². The van der Waals surface area contributed by atoms with E-state index in [0.29, 0.717) is 10.7 Å². The molecule has 0 saturated heterocycles. The van der Waals surface area contributed by atoms with Crippen LogP contribution < -0.4 is 10.0 Å². The largest absolute Gasteiger partial charge is 0.326 e. The molecule has 0 radical (unpaired) electrons. The molecule has 0 bridgehead atoms. The van der Waals surface area contributed by atoms with E-state index in [9.17, 15) is 13.2 Å². The molecule has 5 nitrogen and oxygen atoms in total. The second-order valence-corrected chi connectivity index (χ2v) is 8.34. The number of hydrogen-bond acceptors (Lipinski definition) is 3. The van der Waals surface area contributed by atoms with E-state index < -0.39 is 10.0 Å². The van der Waals surface area contributed by atoms with Crippen molar-refractivity contribution in [2.75, 3.05) is 11.9 Å². The lowest BCUT2D eigenvalue weighted by Crippen LogP contribution is -2.27. The average Bonchev–Trinajstić information content (AvgIpc) is 2.64. The number of carbonyl (C=O) groups is 1. The normalized spacial score (nSPS) is 11.5. The molecule has 1 amide bonds. The summed E-state index contributed by atoms with van der Waals surface area (Å²) in [5, 5.41) is 5.07. The molecule has 0 aliphatic rings. The molecule has 0 aliphatic carbocycles. The Kier molecular flexibility index (Phi) is 5.79. The SMILES string of the molecule is Cc1ccc(NC(=O)CCNS(=O)(=O)c2ccc3ccccc3c2)cc1Cl. The third kappa shape index (κ3) is 4.86. The molecule has 2 N–H and O–H groups in total. The first-order valence-corrected chi connectivity index (χ1v) is 10.3. The van der Waals surface area contributed by atoms with E-state index in [4.69, 9.17) is 11.6 Å². The number of nitrogens with one attached hydrogen (secondary N) is 2. The molecule has 7 heteroatoms. The van der Waals surface area contributed by atoms with Crippen LogP contribution in [0.2, 0.25) is 5.02 Å². The molecular formula is C20H19ClN2O3S. The second-order valence-electron chi connectivity index (χ2n) is 6.17. The quantitative estimate of drug-likeness (QED) is 0.651. The minimum atomic E-state index is -3.68. The number of hydrogen-bond donors (Lipinski definition) is 2. The number of carbonyl (C=O) groups excluding carboxylic acids is 1. The topological polar surface area (TPSA) is 75.3 Å². The van der Waals surface area contributed by atoms with Crippen LogP contribution in [-0.4, -0.2) is 20.9 Å². The van der Waals surface area contributed by atoms with E-state index >= 15 is 0 Å². The van der Waals surface area contributed by atoms with Gasteiger partial charge in [0.05, 0.1) is 4.90 Å². The molecule has 27 heavy (non-hydrogen) atoms. The fraction of sp³-hybridized carbons (Fsp3) is 0.150. The predicted molar refractivity (Wildman–Crippen MR) is 109 cm³/mol. The lowest BCUT2D eigenvalue weighted by Gasteiger charge is -2.09. The number of amides is 1. The molecule has 0 unspecified atom stereocenters. The summed E-state index contributed by atoms with van der Waals surface area (Å²) < 4.78 is 27.3. The summed E-state index contributed by atoms with van der Waals surface area (Å²) in [5.41, 5.74) is 1.49. The minimum Gasteiger partial charge on any atom is -0.326 e. The van der Waals surface area contributed by atoms with Crippen molar-refractivity contribution in [3.8, 4) is 0 Å². The Hall–Kier alpha value is -2.41. The summed E-state index contributed by atoms with van der Waals surface area (Å²) in [5.74, 6) is -0.295. The van der Waals surface area contributed by atoms with Gasteiger partial charge >= 0.3 is 0 Å². The Bertz CT molecular complexity index is 1100. The van der Waals surface area contributed by atoms with Crippen LogP contribution in [0.5, 0.6) is 0 Å². The molecule has 0 fully saturated rings. The zero-order chi connectivity index (χ0) is 19.4. The van der Waals surface area contributed by atoms with Gasteiger partial charge in [0.25, 0.3) is 0 Å². The van der Waals surface area contributed by atoms with Crippen LogP contribution in [0.15, 0.2) is 65.6 Å². The molecule has 140 valence electrons. The number of aryl methyl sites for hydroxylation is 1. The van der Waals surface area contributed by atoms with Gasteiger partial charge in [0, 0.05) is 23.7 Å². The average molecular weight is 403 g/mol. The standard InChI is InChI=1S/C20H19ClN2O3S/c1-14-6-8-17(13-19(14)21)23-20(24)10-11-22-27(25,26)18-9-7-15-4-2-3-5-16(15)12-18/h2-9,12-13,22H,10-11H2,1H3,(H,23,24). The summed E-state index contributed by atoms with van der Waals surface area (Å²) in [7, 11) is -3.68. The van der Waals surface area contributed by atoms with Crippen LogP contribution in [0.1, 0.15) is 12.0 Å². The summed E-state index contributed by atoms with van der Waals surface area (Å²) >= 11 is 6.03. The Morgan fingerprint density at radius 3 is 2.48 bits per heavy atom. The monoisotopic (exact) mass is 402 g/mol. The van der Waals surface area contributed by atoms with E-state index in [1.807, 2.05) is 31.2 Å². The number of anilines is 1. The molecular weight excluding hydrogens is 384 g/mol. The van der Waals surface area contributed by atoms with Crippen LogP contribution in [0.3, 0.4) is 0 Å². The van der Waals surface area contributed by atoms with E-state index in [0.717, 1.165) is 16.3 Å². The fourth-order valence-electron chi connectivity index (χ4n) is 2.61. The highest BCUT2D eigenvalue weighted by atomic mass is 35.5. The van der Waals surface area contributed by atoms with Crippen molar-refractivity contribution in [2.24, 2.45) is 0 Å². The van der Waals surface area contributed by atoms with Crippen molar-refractivity contribution in [3.63, 3.8) is 0 Å². The van der Waals surface area contributed by atoms with Crippen molar-refractivity contribution < 1.29 is 13.2 Å². The number of sulfonamides is 1. The Morgan fingerprint density at radius 2 is 1.74 bits per heavy atom. The number of rotatable bonds is 6. The summed E-state index contributed by atoms with van der Waals surface area (Å²) in [6, 6.07) is 17.7. The van der Waals surface area contributed by atoms with E-state index in [-0.39, 0.29) is 23.8 Å². The van der Waals surface area contributed by atoms with Gasteiger partial charge in [-0.2, -0.15) is 0 Å². The highest BCUT2D eigenvalue weighted by Gasteiger charge is 2.15. The van der Waals surface area contributed by atoms with Gasteiger partial charge in [-0.05, 0) is 47.5 Å². The van der Waals surface area contributed by atoms with Gasteiger partial charge in [-0.25, -0.2) is 13.1 Å². The number of fused-ring (bicyclic) bond motifs is 1. The van der Waals surface area contributed by atoms with Crippen molar-refractivity contribution in [1.29, 1.82) is 0 Å². The predicted octanol–water partition coefficient (Wildman–Crippen LogP) is 4.11. The number of benzene rings is 3. The molecule has 0 aromatic heterocycles. The maximum atomic E-state index is 12.4. The van der Waals surface area contributed by atoms with Crippen LogP contribution in [0, 0.1) is 6.92 Å². The van der Waals surface area contributed by atoms with Gasteiger partial charge in [-0.1, -0.05) is 48.0 Å². The molecule has 0 saturated carbocycles. The maximum Gasteiger partial charge on any atom is 0.240 e. The number of halogens is 1. The van der Waals surface area contributed by atoms with E-state index in [1.165, 1.54) is 0 Å². The summed E-state index contributed by atoms with van der Waals surface area (Å²) in [4.78, 5) is 12.2. The van der Waals surface area contributed by atoms with E-state index in [1.54, 1.807) is 36.4 Å². The van der Waals surface area contributed by atoms with Gasteiger partial charge in [0.2, 0.25) is 15.9 Å².